The van der Waals surface area contributed by atoms with E-state index in [1.807, 2.05) is 13.8 Å². The van der Waals surface area contributed by atoms with Crippen molar-refractivity contribution in [3.63, 3.8) is 0 Å². The van der Waals surface area contributed by atoms with E-state index in [-0.39, 0.29) is 25.2 Å². The molecular formula is C14H22O4. The first kappa shape index (κ1) is 15.0. The number of benzene rings is 1. The van der Waals surface area contributed by atoms with Crippen molar-refractivity contribution in [1.29, 1.82) is 0 Å². The van der Waals surface area contributed by atoms with Gasteiger partial charge in [0.05, 0.1) is 12.7 Å². The molecule has 4 heteroatoms. The molecule has 0 amide bonds. The van der Waals surface area contributed by atoms with Crippen LogP contribution in [0.4, 0.5) is 0 Å². The summed E-state index contributed by atoms with van der Waals surface area (Å²) in [5.74, 6) is 0.667. The van der Waals surface area contributed by atoms with Crippen molar-refractivity contribution in [3.8, 4) is 5.75 Å². The smallest absolute Gasteiger partial charge is 0.119 e. The summed E-state index contributed by atoms with van der Waals surface area (Å²) < 4.78 is 5.25. The minimum Gasteiger partial charge on any atom is -0.491 e. The topological polar surface area (TPSA) is 69.9 Å². The van der Waals surface area contributed by atoms with Gasteiger partial charge in [0.25, 0.3) is 0 Å². The van der Waals surface area contributed by atoms with Gasteiger partial charge in [-0.25, -0.2) is 0 Å². The van der Waals surface area contributed by atoms with E-state index in [9.17, 15) is 5.11 Å². The molecule has 18 heavy (non-hydrogen) atoms. The Bertz CT molecular complexity index is 345. The molecule has 0 saturated heterocycles. The molecule has 0 fully saturated rings. The lowest BCUT2D eigenvalue weighted by atomic mass is 9.80. The molecule has 0 aliphatic carbocycles. The Hall–Kier alpha value is -1.10. The van der Waals surface area contributed by atoms with E-state index in [0.29, 0.717) is 12.2 Å². The van der Waals surface area contributed by atoms with Crippen molar-refractivity contribution in [2.24, 2.45) is 5.41 Å². The van der Waals surface area contributed by atoms with Crippen LogP contribution in [0.3, 0.4) is 0 Å². The van der Waals surface area contributed by atoms with Gasteiger partial charge in [0.15, 0.2) is 0 Å². The predicted molar refractivity (Wildman–Crippen MR) is 69.5 cm³/mol. The van der Waals surface area contributed by atoms with E-state index >= 15 is 0 Å². The van der Waals surface area contributed by atoms with Crippen LogP contribution in [0.2, 0.25) is 0 Å². The molecule has 1 aromatic rings. The molecule has 1 atom stereocenters. The molecule has 3 N–H and O–H groups in total. The fourth-order valence-electron chi connectivity index (χ4n) is 1.79. The van der Waals surface area contributed by atoms with Gasteiger partial charge in [-0.2, -0.15) is 0 Å². The quantitative estimate of drug-likeness (QED) is 0.689. The second-order valence-corrected chi connectivity index (χ2v) is 5.01. The first-order chi connectivity index (χ1) is 8.51. The van der Waals surface area contributed by atoms with Crippen LogP contribution in [0.25, 0.3) is 0 Å². The fourth-order valence-corrected chi connectivity index (χ4v) is 1.79. The lowest BCUT2D eigenvalue weighted by Gasteiger charge is -2.30. The molecule has 0 bridgehead atoms. The van der Waals surface area contributed by atoms with Crippen molar-refractivity contribution in [2.45, 2.75) is 26.4 Å². The third kappa shape index (κ3) is 3.98. The largest absolute Gasteiger partial charge is 0.491 e. The Labute approximate surface area is 108 Å². The maximum atomic E-state index is 10.3. The van der Waals surface area contributed by atoms with E-state index in [2.05, 4.69) is 0 Å². The number of hydrogen-bond donors (Lipinski definition) is 3. The Morgan fingerprint density at radius 2 is 1.72 bits per heavy atom. The minimum atomic E-state index is -0.628. The minimum absolute atomic E-state index is 0.0199. The van der Waals surface area contributed by atoms with E-state index < -0.39 is 6.10 Å². The zero-order valence-electron chi connectivity index (χ0n) is 11.0. The second kappa shape index (κ2) is 6.73. The molecule has 0 heterocycles. The van der Waals surface area contributed by atoms with Gasteiger partial charge in [0, 0.05) is 6.61 Å². The van der Waals surface area contributed by atoms with E-state index in [1.54, 1.807) is 24.3 Å². The molecule has 0 aromatic heterocycles. The van der Waals surface area contributed by atoms with Crippen LogP contribution < -0.4 is 4.74 Å². The van der Waals surface area contributed by atoms with Crippen LogP contribution in [0, 0.1) is 5.41 Å². The standard InChI is InChI=1S/C14H22O4/c1-14(2,7-8-15)13(17)11-3-5-12(6-4-11)18-10-9-16/h3-6,13,15-17H,7-10H2,1-2H3/t13-/m0/s1. The summed E-state index contributed by atoms with van der Waals surface area (Å²) in [6.07, 6.45) is -0.0896. The van der Waals surface area contributed by atoms with Crippen LogP contribution >= 0.6 is 0 Å². The average molecular weight is 254 g/mol. The van der Waals surface area contributed by atoms with E-state index in [1.165, 1.54) is 0 Å². The molecule has 1 rings (SSSR count). The van der Waals surface area contributed by atoms with Gasteiger partial charge in [-0.1, -0.05) is 26.0 Å². The normalized spacial score (nSPS) is 13.4. The van der Waals surface area contributed by atoms with Crippen LogP contribution in [-0.4, -0.2) is 35.1 Å². The highest BCUT2D eigenvalue weighted by atomic mass is 16.5. The van der Waals surface area contributed by atoms with Crippen LogP contribution in [-0.2, 0) is 0 Å². The van der Waals surface area contributed by atoms with Gasteiger partial charge in [-0.3, -0.25) is 0 Å². The highest BCUT2D eigenvalue weighted by Crippen LogP contribution is 2.36. The summed E-state index contributed by atoms with van der Waals surface area (Å²) >= 11 is 0. The maximum absolute atomic E-state index is 10.3. The Morgan fingerprint density at radius 1 is 1.11 bits per heavy atom. The molecule has 0 spiro atoms. The lowest BCUT2D eigenvalue weighted by molar-refractivity contribution is 0.0305. The molecular weight excluding hydrogens is 232 g/mol. The first-order valence-electron chi connectivity index (χ1n) is 6.14. The van der Waals surface area contributed by atoms with Gasteiger partial charge < -0.3 is 20.1 Å². The second-order valence-electron chi connectivity index (χ2n) is 5.01. The molecule has 4 nitrogen and oxygen atoms in total. The van der Waals surface area contributed by atoms with Crippen molar-refractivity contribution in [2.75, 3.05) is 19.8 Å². The predicted octanol–water partition coefficient (Wildman–Crippen LogP) is 1.50. The van der Waals surface area contributed by atoms with Gasteiger partial charge in [0.2, 0.25) is 0 Å². The number of aliphatic hydroxyl groups is 3. The van der Waals surface area contributed by atoms with Crippen molar-refractivity contribution < 1.29 is 20.1 Å². The molecule has 0 saturated carbocycles. The number of hydrogen-bond acceptors (Lipinski definition) is 4. The zero-order chi connectivity index (χ0) is 13.6. The number of aliphatic hydroxyl groups excluding tert-OH is 3. The summed E-state index contributed by atoms with van der Waals surface area (Å²) in [5.41, 5.74) is 0.423. The molecule has 102 valence electrons. The average Bonchev–Trinajstić information content (AvgIpc) is 2.36. The molecule has 0 aliphatic rings. The summed E-state index contributed by atoms with van der Waals surface area (Å²) in [6, 6.07) is 7.14. The maximum Gasteiger partial charge on any atom is 0.119 e. The summed E-state index contributed by atoms with van der Waals surface area (Å²) in [7, 11) is 0. The van der Waals surface area contributed by atoms with Gasteiger partial charge in [-0.15, -0.1) is 0 Å². The highest BCUT2D eigenvalue weighted by Gasteiger charge is 2.28. The summed E-state index contributed by atoms with van der Waals surface area (Å²) in [5, 5.41) is 27.9. The molecule has 1 aromatic carbocycles. The third-order valence-electron chi connectivity index (χ3n) is 3.05. The van der Waals surface area contributed by atoms with E-state index in [0.717, 1.165) is 5.56 Å². The SMILES string of the molecule is CC(C)(CCO)[C@@H](O)c1ccc(OCCO)cc1. The van der Waals surface area contributed by atoms with Gasteiger partial charge in [0.1, 0.15) is 12.4 Å². The Morgan fingerprint density at radius 3 is 2.22 bits per heavy atom. The van der Waals surface area contributed by atoms with Gasteiger partial charge in [-0.05, 0) is 29.5 Å². The van der Waals surface area contributed by atoms with E-state index in [4.69, 9.17) is 14.9 Å². The third-order valence-corrected chi connectivity index (χ3v) is 3.05. The number of rotatable bonds is 7. The lowest BCUT2D eigenvalue weighted by Crippen LogP contribution is -2.23. The summed E-state index contributed by atoms with van der Waals surface area (Å²) in [6.45, 7) is 4.14. The van der Waals surface area contributed by atoms with Gasteiger partial charge >= 0.3 is 0 Å². The van der Waals surface area contributed by atoms with Crippen molar-refractivity contribution in [3.05, 3.63) is 29.8 Å². The summed E-state index contributed by atoms with van der Waals surface area (Å²) in [4.78, 5) is 0. The molecule has 0 aliphatic heterocycles. The monoisotopic (exact) mass is 254 g/mol. The molecule has 0 radical (unpaired) electrons. The van der Waals surface area contributed by atoms with Crippen molar-refractivity contribution in [1.82, 2.24) is 0 Å². The molecule has 0 unspecified atom stereocenters. The highest BCUT2D eigenvalue weighted by molar-refractivity contribution is 5.29. The fraction of sp³-hybridized carbons (Fsp3) is 0.571. The number of ether oxygens (including phenoxy) is 1. The van der Waals surface area contributed by atoms with Crippen LogP contribution in [0.5, 0.6) is 5.75 Å². The van der Waals surface area contributed by atoms with Crippen LogP contribution in [0.1, 0.15) is 31.9 Å². The van der Waals surface area contributed by atoms with Crippen LogP contribution in [0.15, 0.2) is 24.3 Å². The van der Waals surface area contributed by atoms with Crippen molar-refractivity contribution >= 4 is 0 Å². The Kier molecular flexibility index (Phi) is 5.59. The zero-order valence-corrected chi connectivity index (χ0v) is 11.0. The Balaban J connectivity index is 2.72. The first-order valence-corrected chi connectivity index (χ1v) is 6.14.